The van der Waals surface area contributed by atoms with Crippen molar-refractivity contribution < 1.29 is 13.9 Å². The van der Waals surface area contributed by atoms with E-state index in [1.54, 1.807) is 6.26 Å². The summed E-state index contributed by atoms with van der Waals surface area (Å²) in [6, 6.07) is 4.30. The zero-order valence-corrected chi connectivity index (χ0v) is 10.5. The first kappa shape index (κ1) is 13.1. The van der Waals surface area contributed by atoms with Crippen molar-refractivity contribution >= 4 is 5.91 Å². The molecule has 18 heavy (non-hydrogen) atoms. The number of hydrogen-bond acceptors (Lipinski definition) is 4. The van der Waals surface area contributed by atoms with E-state index in [0.717, 1.165) is 12.2 Å². The van der Waals surface area contributed by atoms with Crippen molar-refractivity contribution in [1.82, 2.24) is 10.6 Å². The third-order valence-corrected chi connectivity index (χ3v) is 2.74. The van der Waals surface area contributed by atoms with Crippen molar-refractivity contribution in [3.05, 3.63) is 24.2 Å². The second-order valence-electron chi connectivity index (χ2n) is 4.49. The van der Waals surface area contributed by atoms with Crippen LogP contribution < -0.4 is 10.6 Å². The Morgan fingerprint density at radius 2 is 2.39 bits per heavy atom. The topological polar surface area (TPSA) is 63.5 Å². The average Bonchev–Trinajstić information content (AvgIpc) is 3.06. The number of rotatable bonds is 9. The zero-order chi connectivity index (χ0) is 12.6. The van der Waals surface area contributed by atoms with Crippen LogP contribution in [0.5, 0.6) is 0 Å². The lowest BCUT2D eigenvalue weighted by molar-refractivity contribution is -0.120. The molecule has 0 saturated heterocycles. The molecular weight excluding hydrogens is 232 g/mol. The number of furan rings is 1. The number of nitrogens with one attached hydrogen (secondary N) is 2. The van der Waals surface area contributed by atoms with Crippen LogP contribution in [0, 0.1) is 0 Å². The van der Waals surface area contributed by atoms with Gasteiger partial charge in [-0.2, -0.15) is 0 Å². The summed E-state index contributed by atoms with van der Waals surface area (Å²) in [6.07, 6.45) is 4.85. The van der Waals surface area contributed by atoms with Crippen molar-refractivity contribution in [2.45, 2.75) is 31.9 Å². The number of hydrogen-bond donors (Lipinski definition) is 2. The van der Waals surface area contributed by atoms with Crippen molar-refractivity contribution in [3.8, 4) is 0 Å². The second-order valence-corrected chi connectivity index (χ2v) is 4.49. The maximum absolute atomic E-state index is 11.4. The molecule has 0 radical (unpaired) electrons. The summed E-state index contributed by atoms with van der Waals surface area (Å²) in [4.78, 5) is 11.4. The summed E-state index contributed by atoms with van der Waals surface area (Å²) in [5.41, 5.74) is 0. The van der Waals surface area contributed by atoms with Crippen LogP contribution in [0.4, 0.5) is 0 Å². The summed E-state index contributed by atoms with van der Waals surface area (Å²) in [6.45, 7) is 2.20. The molecule has 1 aliphatic carbocycles. The Morgan fingerprint density at radius 1 is 1.50 bits per heavy atom. The molecule has 1 amide bonds. The molecule has 0 bridgehead atoms. The maximum atomic E-state index is 11.4. The van der Waals surface area contributed by atoms with Gasteiger partial charge in [-0.1, -0.05) is 0 Å². The van der Waals surface area contributed by atoms with Crippen LogP contribution in [0.25, 0.3) is 0 Å². The van der Waals surface area contributed by atoms with Gasteiger partial charge in [-0.15, -0.1) is 0 Å². The van der Waals surface area contributed by atoms with Gasteiger partial charge in [-0.25, -0.2) is 0 Å². The Labute approximate surface area is 107 Å². The van der Waals surface area contributed by atoms with Gasteiger partial charge in [0.15, 0.2) is 0 Å². The fourth-order valence-corrected chi connectivity index (χ4v) is 1.56. The fraction of sp³-hybridized carbons (Fsp3) is 0.615. The minimum atomic E-state index is 0.0629. The van der Waals surface area contributed by atoms with Gasteiger partial charge in [0.05, 0.1) is 12.8 Å². The zero-order valence-electron chi connectivity index (χ0n) is 10.5. The number of carbonyl (C=O) groups is 1. The molecule has 2 N–H and O–H groups in total. The summed E-state index contributed by atoms with van der Waals surface area (Å²) in [5, 5.41) is 6.03. The SMILES string of the molecule is O=C(CNC1CC1)NCCCOCc1ccco1. The Balaban J connectivity index is 1.39. The van der Waals surface area contributed by atoms with Gasteiger partial charge in [0.25, 0.3) is 0 Å². The van der Waals surface area contributed by atoms with Gasteiger partial charge in [-0.05, 0) is 31.4 Å². The Bertz CT molecular complexity index is 347. The van der Waals surface area contributed by atoms with Crippen LogP contribution in [0.3, 0.4) is 0 Å². The largest absolute Gasteiger partial charge is 0.467 e. The van der Waals surface area contributed by atoms with Gasteiger partial charge in [0, 0.05) is 19.2 Å². The monoisotopic (exact) mass is 252 g/mol. The normalized spacial score (nSPS) is 14.7. The van der Waals surface area contributed by atoms with Crippen LogP contribution in [-0.4, -0.2) is 31.6 Å². The van der Waals surface area contributed by atoms with Crippen LogP contribution in [-0.2, 0) is 16.1 Å². The van der Waals surface area contributed by atoms with Gasteiger partial charge in [-0.3, -0.25) is 4.79 Å². The maximum Gasteiger partial charge on any atom is 0.233 e. The molecule has 100 valence electrons. The van der Waals surface area contributed by atoms with E-state index >= 15 is 0 Å². The van der Waals surface area contributed by atoms with Crippen molar-refractivity contribution in [1.29, 1.82) is 0 Å². The highest BCUT2D eigenvalue weighted by atomic mass is 16.5. The van der Waals surface area contributed by atoms with Crippen molar-refractivity contribution in [3.63, 3.8) is 0 Å². The molecule has 1 saturated carbocycles. The molecular formula is C13H20N2O3. The van der Waals surface area contributed by atoms with Crippen LogP contribution in [0.2, 0.25) is 0 Å². The van der Waals surface area contributed by atoms with Gasteiger partial charge < -0.3 is 19.8 Å². The van der Waals surface area contributed by atoms with E-state index in [-0.39, 0.29) is 5.91 Å². The van der Waals surface area contributed by atoms with E-state index in [1.165, 1.54) is 12.8 Å². The quantitative estimate of drug-likeness (QED) is 0.645. The highest BCUT2D eigenvalue weighted by molar-refractivity contribution is 5.78. The highest BCUT2D eigenvalue weighted by Crippen LogP contribution is 2.17. The standard InChI is InChI=1S/C13H20N2O3/c16-13(9-15-11-4-5-11)14-6-2-7-17-10-12-3-1-8-18-12/h1,3,8,11,15H,2,4-7,9-10H2,(H,14,16). The predicted octanol–water partition coefficient (Wildman–Crippen LogP) is 1.05. The smallest absolute Gasteiger partial charge is 0.233 e. The molecule has 1 aromatic heterocycles. The van der Waals surface area contributed by atoms with Crippen LogP contribution in [0.1, 0.15) is 25.0 Å². The minimum Gasteiger partial charge on any atom is -0.467 e. The number of amides is 1. The van der Waals surface area contributed by atoms with Crippen molar-refractivity contribution in [2.75, 3.05) is 19.7 Å². The van der Waals surface area contributed by atoms with Gasteiger partial charge >= 0.3 is 0 Å². The molecule has 0 aliphatic heterocycles. The highest BCUT2D eigenvalue weighted by Gasteiger charge is 2.20. The summed E-state index contributed by atoms with van der Waals surface area (Å²) < 4.78 is 10.5. The lowest BCUT2D eigenvalue weighted by Crippen LogP contribution is -2.35. The third kappa shape index (κ3) is 5.33. The fourth-order valence-electron chi connectivity index (χ4n) is 1.56. The Morgan fingerprint density at radius 3 is 3.11 bits per heavy atom. The molecule has 1 aliphatic rings. The molecule has 1 aromatic rings. The van der Waals surface area contributed by atoms with Crippen LogP contribution >= 0.6 is 0 Å². The minimum absolute atomic E-state index is 0.0629. The predicted molar refractivity (Wildman–Crippen MR) is 67.0 cm³/mol. The van der Waals surface area contributed by atoms with E-state index in [2.05, 4.69) is 10.6 Å². The van der Waals surface area contributed by atoms with E-state index in [1.807, 2.05) is 12.1 Å². The molecule has 0 atom stereocenters. The lowest BCUT2D eigenvalue weighted by atomic mass is 10.4. The first-order chi connectivity index (χ1) is 8.84. The number of ether oxygens (including phenoxy) is 1. The van der Waals surface area contributed by atoms with E-state index in [0.29, 0.717) is 32.3 Å². The molecule has 1 heterocycles. The Kier molecular flexibility index (Phi) is 5.23. The van der Waals surface area contributed by atoms with Gasteiger partial charge in [0.1, 0.15) is 12.4 Å². The number of carbonyl (C=O) groups excluding carboxylic acids is 1. The summed E-state index contributed by atoms with van der Waals surface area (Å²) in [5.74, 6) is 0.889. The van der Waals surface area contributed by atoms with E-state index in [4.69, 9.17) is 9.15 Å². The molecule has 2 rings (SSSR count). The first-order valence-corrected chi connectivity index (χ1v) is 6.45. The molecule has 1 fully saturated rings. The van der Waals surface area contributed by atoms with Gasteiger partial charge in [0.2, 0.25) is 5.91 Å². The molecule has 5 heteroatoms. The molecule has 0 aromatic carbocycles. The molecule has 0 spiro atoms. The van der Waals surface area contributed by atoms with Crippen molar-refractivity contribution in [2.24, 2.45) is 0 Å². The van der Waals surface area contributed by atoms with E-state index < -0.39 is 0 Å². The average molecular weight is 252 g/mol. The first-order valence-electron chi connectivity index (χ1n) is 6.45. The summed E-state index contributed by atoms with van der Waals surface area (Å²) >= 11 is 0. The second kappa shape index (κ2) is 7.18. The van der Waals surface area contributed by atoms with E-state index in [9.17, 15) is 4.79 Å². The molecule has 5 nitrogen and oxygen atoms in total. The Hall–Kier alpha value is -1.33. The molecule has 0 unspecified atom stereocenters. The van der Waals surface area contributed by atoms with Crippen LogP contribution in [0.15, 0.2) is 22.8 Å². The lowest BCUT2D eigenvalue weighted by Gasteiger charge is -2.06. The third-order valence-electron chi connectivity index (χ3n) is 2.74. The summed E-state index contributed by atoms with van der Waals surface area (Å²) in [7, 11) is 0.